The van der Waals surface area contributed by atoms with Crippen LogP contribution in [0.15, 0.2) is 24.3 Å². The summed E-state index contributed by atoms with van der Waals surface area (Å²) in [6.07, 6.45) is 1.02. The maximum absolute atomic E-state index is 12.5. The molecule has 0 N–H and O–H groups in total. The lowest BCUT2D eigenvalue weighted by Gasteiger charge is -2.44. The summed E-state index contributed by atoms with van der Waals surface area (Å²) in [5.74, 6) is 0.846. The quantitative estimate of drug-likeness (QED) is 0.718. The molecule has 1 saturated heterocycles. The summed E-state index contributed by atoms with van der Waals surface area (Å²) < 4.78 is 10.8. The molecule has 2 unspecified atom stereocenters. The van der Waals surface area contributed by atoms with E-state index in [1.807, 2.05) is 36.1 Å². The van der Waals surface area contributed by atoms with Gasteiger partial charge in [0.1, 0.15) is 5.75 Å². The SMILES string of the molecule is COCCCN1C(C)CN(C(=O)COc2ccccc2C)CC1C. The topological polar surface area (TPSA) is 42.0 Å². The summed E-state index contributed by atoms with van der Waals surface area (Å²) in [7, 11) is 1.73. The number of benzene rings is 1. The third kappa shape index (κ3) is 4.95. The summed E-state index contributed by atoms with van der Waals surface area (Å²) in [6.45, 7) is 9.77. The molecule has 1 aromatic rings. The molecule has 0 radical (unpaired) electrons. The summed E-state index contributed by atoms with van der Waals surface area (Å²) in [6, 6.07) is 8.50. The number of hydrogen-bond donors (Lipinski definition) is 0. The molecule has 2 atom stereocenters. The van der Waals surface area contributed by atoms with Crippen molar-refractivity contribution in [2.24, 2.45) is 0 Å². The van der Waals surface area contributed by atoms with Gasteiger partial charge in [-0.3, -0.25) is 9.69 Å². The van der Waals surface area contributed by atoms with Crippen molar-refractivity contribution in [2.45, 2.75) is 39.3 Å². The van der Waals surface area contributed by atoms with Gasteiger partial charge in [-0.05, 0) is 38.8 Å². The van der Waals surface area contributed by atoms with E-state index < -0.39 is 0 Å². The molecule has 1 aliphatic heterocycles. The fourth-order valence-electron chi connectivity index (χ4n) is 3.34. The maximum atomic E-state index is 12.5. The number of aryl methyl sites for hydroxylation is 1. The van der Waals surface area contributed by atoms with Crippen LogP contribution in [0.4, 0.5) is 0 Å². The van der Waals surface area contributed by atoms with Gasteiger partial charge in [-0.2, -0.15) is 0 Å². The molecule has 1 heterocycles. The zero-order valence-electron chi connectivity index (χ0n) is 15.3. The molecule has 134 valence electrons. The number of nitrogens with zero attached hydrogens (tertiary/aromatic N) is 2. The Hall–Kier alpha value is -1.59. The van der Waals surface area contributed by atoms with Crippen LogP contribution in [-0.2, 0) is 9.53 Å². The maximum Gasteiger partial charge on any atom is 0.260 e. The van der Waals surface area contributed by atoms with Crippen molar-refractivity contribution in [3.8, 4) is 5.75 Å². The number of piperazine rings is 1. The highest BCUT2D eigenvalue weighted by Gasteiger charge is 2.31. The summed E-state index contributed by atoms with van der Waals surface area (Å²) in [5.41, 5.74) is 1.05. The average Bonchev–Trinajstić information content (AvgIpc) is 2.56. The second-order valence-electron chi connectivity index (χ2n) is 6.64. The van der Waals surface area contributed by atoms with Gasteiger partial charge in [0.2, 0.25) is 0 Å². The Balaban J connectivity index is 1.85. The van der Waals surface area contributed by atoms with Crippen LogP contribution in [0, 0.1) is 6.92 Å². The average molecular weight is 334 g/mol. The molecule has 1 amide bonds. The molecular weight excluding hydrogens is 304 g/mol. The molecule has 1 aliphatic rings. The smallest absolute Gasteiger partial charge is 0.260 e. The van der Waals surface area contributed by atoms with Crippen molar-refractivity contribution in [3.05, 3.63) is 29.8 Å². The molecule has 0 aliphatic carbocycles. The largest absolute Gasteiger partial charge is 0.484 e. The van der Waals surface area contributed by atoms with E-state index in [-0.39, 0.29) is 12.5 Å². The number of methoxy groups -OCH3 is 1. The molecule has 0 saturated carbocycles. The number of carbonyl (C=O) groups is 1. The van der Waals surface area contributed by atoms with Gasteiger partial charge in [0, 0.05) is 45.4 Å². The van der Waals surface area contributed by atoms with E-state index in [1.54, 1.807) is 7.11 Å². The Bertz CT molecular complexity index is 523. The fraction of sp³-hybridized carbons (Fsp3) is 0.632. The first-order valence-corrected chi connectivity index (χ1v) is 8.73. The van der Waals surface area contributed by atoms with Crippen LogP contribution in [0.1, 0.15) is 25.8 Å². The number of carbonyl (C=O) groups excluding carboxylic acids is 1. The highest BCUT2D eigenvalue weighted by atomic mass is 16.5. The molecule has 1 fully saturated rings. The van der Waals surface area contributed by atoms with Crippen molar-refractivity contribution in [2.75, 3.05) is 40.0 Å². The van der Waals surface area contributed by atoms with Gasteiger partial charge in [0.25, 0.3) is 5.91 Å². The van der Waals surface area contributed by atoms with E-state index in [9.17, 15) is 4.79 Å². The Morgan fingerprint density at radius 1 is 1.21 bits per heavy atom. The summed E-state index contributed by atoms with van der Waals surface area (Å²) in [5, 5.41) is 0. The van der Waals surface area contributed by atoms with Crippen LogP contribution in [0.5, 0.6) is 5.75 Å². The van der Waals surface area contributed by atoms with Crippen molar-refractivity contribution in [1.29, 1.82) is 0 Å². The molecule has 24 heavy (non-hydrogen) atoms. The van der Waals surface area contributed by atoms with Crippen LogP contribution >= 0.6 is 0 Å². The fourth-order valence-corrected chi connectivity index (χ4v) is 3.34. The van der Waals surface area contributed by atoms with Gasteiger partial charge in [0.05, 0.1) is 0 Å². The van der Waals surface area contributed by atoms with Crippen LogP contribution < -0.4 is 4.74 Å². The molecule has 0 aromatic heterocycles. The van der Waals surface area contributed by atoms with E-state index in [0.717, 1.165) is 44.0 Å². The van der Waals surface area contributed by atoms with Gasteiger partial charge < -0.3 is 14.4 Å². The summed E-state index contributed by atoms with van der Waals surface area (Å²) in [4.78, 5) is 16.9. The van der Waals surface area contributed by atoms with Gasteiger partial charge in [0.15, 0.2) is 6.61 Å². The van der Waals surface area contributed by atoms with Gasteiger partial charge in [-0.1, -0.05) is 18.2 Å². The molecule has 0 bridgehead atoms. The third-order valence-corrected chi connectivity index (χ3v) is 4.66. The Labute approximate surface area is 145 Å². The van der Waals surface area contributed by atoms with E-state index in [0.29, 0.717) is 12.1 Å². The molecule has 5 nitrogen and oxygen atoms in total. The minimum atomic E-state index is 0.0634. The normalized spacial score (nSPS) is 21.8. The third-order valence-electron chi connectivity index (χ3n) is 4.66. The number of hydrogen-bond acceptors (Lipinski definition) is 4. The lowest BCUT2D eigenvalue weighted by molar-refractivity contribution is -0.137. The standard InChI is InChI=1S/C19H30N2O3/c1-15-8-5-6-9-18(15)24-14-19(22)20-12-16(2)21(17(3)13-20)10-7-11-23-4/h5-6,8-9,16-17H,7,10-14H2,1-4H3. The van der Waals surface area contributed by atoms with E-state index in [2.05, 4.69) is 18.7 Å². The number of rotatable bonds is 7. The number of ether oxygens (including phenoxy) is 2. The molecule has 5 heteroatoms. The zero-order valence-corrected chi connectivity index (χ0v) is 15.3. The number of para-hydroxylation sites is 1. The first-order valence-electron chi connectivity index (χ1n) is 8.73. The zero-order chi connectivity index (χ0) is 17.5. The lowest BCUT2D eigenvalue weighted by atomic mass is 10.1. The molecule has 2 rings (SSSR count). The van der Waals surface area contributed by atoms with Crippen molar-refractivity contribution in [1.82, 2.24) is 9.80 Å². The predicted octanol–water partition coefficient (Wildman–Crippen LogP) is 2.33. The number of amides is 1. The summed E-state index contributed by atoms with van der Waals surface area (Å²) >= 11 is 0. The van der Waals surface area contributed by atoms with Gasteiger partial charge in [-0.15, -0.1) is 0 Å². The molecule has 0 spiro atoms. The molecular formula is C19H30N2O3. The van der Waals surface area contributed by atoms with Crippen LogP contribution in [0.3, 0.4) is 0 Å². The molecule has 1 aromatic carbocycles. The minimum Gasteiger partial charge on any atom is -0.484 e. The van der Waals surface area contributed by atoms with Gasteiger partial charge in [-0.25, -0.2) is 0 Å². The van der Waals surface area contributed by atoms with Gasteiger partial charge >= 0.3 is 0 Å². The first kappa shape index (κ1) is 18.7. The minimum absolute atomic E-state index is 0.0634. The van der Waals surface area contributed by atoms with Crippen molar-refractivity contribution >= 4 is 5.91 Å². The lowest BCUT2D eigenvalue weighted by Crippen LogP contribution is -2.58. The Kier molecular flexibility index (Phi) is 7.06. The highest BCUT2D eigenvalue weighted by molar-refractivity contribution is 5.78. The van der Waals surface area contributed by atoms with Crippen LogP contribution in [0.25, 0.3) is 0 Å². The second kappa shape index (κ2) is 9.04. The van der Waals surface area contributed by atoms with E-state index in [4.69, 9.17) is 9.47 Å². The Morgan fingerprint density at radius 2 is 1.88 bits per heavy atom. The van der Waals surface area contributed by atoms with Crippen molar-refractivity contribution in [3.63, 3.8) is 0 Å². The predicted molar refractivity (Wildman–Crippen MR) is 95.4 cm³/mol. The Morgan fingerprint density at radius 3 is 2.50 bits per heavy atom. The van der Waals surface area contributed by atoms with Crippen LogP contribution in [-0.4, -0.2) is 67.7 Å². The van der Waals surface area contributed by atoms with E-state index in [1.165, 1.54) is 0 Å². The van der Waals surface area contributed by atoms with Crippen molar-refractivity contribution < 1.29 is 14.3 Å². The highest BCUT2D eigenvalue weighted by Crippen LogP contribution is 2.18. The monoisotopic (exact) mass is 334 g/mol. The first-order chi connectivity index (χ1) is 11.5. The van der Waals surface area contributed by atoms with E-state index >= 15 is 0 Å². The second-order valence-corrected chi connectivity index (χ2v) is 6.64. The van der Waals surface area contributed by atoms with Crippen LogP contribution in [0.2, 0.25) is 0 Å².